The minimum absolute atomic E-state index is 0.0556. The molecule has 21 heavy (non-hydrogen) atoms. The van der Waals surface area contributed by atoms with E-state index in [0.29, 0.717) is 5.92 Å². The number of hydrogen-bond donors (Lipinski definition) is 1. The predicted octanol–water partition coefficient (Wildman–Crippen LogP) is 3.14. The first-order valence-corrected chi connectivity index (χ1v) is 7.49. The first-order chi connectivity index (χ1) is 10.1. The van der Waals surface area contributed by atoms with Gasteiger partial charge in [0.05, 0.1) is 12.2 Å². The Kier molecular flexibility index (Phi) is 5.94. The molecule has 1 aliphatic heterocycles. The molecule has 0 radical (unpaired) electrons. The Morgan fingerprint density at radius 1 is 1.29 bits per heavy atom. The number of ether oxygens (including phenoxy) is 2. The second kappa shape index (κ2) is 7.71. The molecular weight excluding hydrogens is 276 g/mol. The van der Waals surface area contributed by atoms with Crippen LogP contribution in [0.25, 0.3) is 0 Å². The quantitative estimate of drug-likeness (QED) is 0.839. The molecular formula is C16H23F2NO2. The van der Waals surface area contributed by atoms with Gasteiger partial charge in [-0.1, -0.05) is 19.9 Å². The Labute approximate surface area is 124 Å². The van der Waals surface area contributed by atoms with Gasteiger partial charge in [0, 0.05) is 6.54 Å². The van der Waals surface area contributed by atoms with Crippen LogP contribution in [0.3, 0.4) is 0 Å². The summed E-state index contributed by atoms with van der Waals surface area (Å²) in [6, 6.07) is 3.93. The minimum Gasteiger partial charge on any atom is -0.488 e. The van der Waals surface area contributed by atoms with Crippen molar-refractivity contribution in [3.63, 3.8) is 0 Å². The van der Waals surface area contributed by atoms with E-state index >= 15 is 0 Å². The highest BCUT2D eigenvalue weighted by Gasteiger charge is 2.25. The standard InChI is InChI=1S/C16H23F2NO2/c1-11(2)8-19-9-12-6-7-13(21-12)10-20-15-5-3-4-14(17)16(15)18/h3-5,11-13,19H,6-10H2,1-2H3. The third-order valence-corrected chi connectivity index (χ3v) is 3.46. The van der Waals surface area contributed by atoms with Crippen molar-refractivity contribution < 1.29 is 18.3 Å². The van der Waals surface area contributed by atoms with Crippen LogP contribution in [0.1, 0.15) is 26.7 Å². The summed E-state index contributed by atoms with van der Waals surface area (Å²) in [4.78, 5) is 0. The number of hydrogen-bond acceptors (Lipinski definition) is 3. The predicted molar refractivity (Wildman–Crippen MR) is 77.5 cm³/mol. The van der Waals surface area contributed by atoms with Crippen LogP contribution in [-0.2, 0) is 4.74 Å². The topological polar surface area (TPSA) is 30.5 Å². The summed E-state index contributed by atoms with van der Waals surface area (Å²) in [7, 11) is 0. The van der Waals surface area contributed by atoms with Crippen molar-refractivity contribution in [2.75, 3.05) is 19.7 Å². The summed E-state index contributed by atoms with van der Waals surface area (Å²) in [5.41, 5.74) is 0. The Balaban J connectivity index is 1.72. The molecule has 2 atom stereocenters. The lowest BCUT2D eigenvalue weighted by atomic mass is 10.2. The van der Waals surface area contributed by atoms with E-state index in [9.17, 15) is 8.78 Å². The summed E-state index contributed by atoms with van der Waals surface area (Å²) in [6.07, 6.45) is 1.96. The van der Waals surface area contributed by atoms with Gasteiger partial charge in [-0.2, -0.15) is 4.39 Å². The van der Waals surface area contributed by atoms with Crippen LogP contribution in [0.4, 0.5) is 8.78 Å². The summed E-state index contributed by atoms with van der Waals surface area (Å²) in [6.45, 7) is 6.36. The Morgan fingerprint density at radius 3 is 2.81 bits per heavy atom. The van der Waals surface area contributed by atoms with Crippen LogP contribution in [0.15, 0.2) is 18.2 Å². The van der Waals surface area contributed by atoms with Gasteiger partial charge in [0.2, 0.25) is 5.82 Å². The van der Waals surface area contributed by atoms with E-state index in [2.05, 4.69) is 19.2 Å². The molecule has 1 aromatic rings. The zero-order valence-corrected chi connectivity index (χ0v) is 12.6. The van der Waals surface area contributed by atoms with Gasteiger partial charge in [0.1, 0.15) is 6.61 Å². The summed E-state index contributed by atoms with van der Waals surface area (Å²) in [5, 5.41) is 3.36. The fraction of sp³-hybridized carbons (Fsp3) is 0.625. The van der Waals surface area contributed by atoms with Crippen LogP contribution in [0, 0.1) is 17.6 Å². The molecule has 1 aromatic carbocycles. The Hall–Kier alpha value is -1.20. The van der Waals surface area contributed by atoms with Gasteiger partial charge in [0.15, 0.2) is 11.6 Å². The van der Waals surface area contributed by atoms with Crippen molar-refractivity contribution >= 4 is 0 Å². The number of halogens is 2. The van der Waals surface area contributed by atoms with Crippen molar-refractivity contribution in [1.29, 1.82) is 0 Å². The molecule has 0 aliphatic carbocycles. The Morgan fingerprint density at radius 2 is 2.05 bits per heavy atom. The van der Waals surface area contributed by atoms with E-state index in [1.54, 1.807) is 0 Å². The van der Waals surface area contributed by atoms with E-state index in [1.165, 1.54) is 12.1 Å². The maximum Gasteiger partial charge on any atom is 0.200 e. The third-order valence-electron chi connectivity index (χ3n) is 3.46. The van der Waals surface area contributed by atoms with Crippen molar-refractivity contribution in [1.82, 2.24) is 5.32 Å². The fourth-order valence-electron chi connectivity index (χ4n) is 2.36. The molecule has 1 N–H and O–H groups in total. The van der Waals surface area contributed by atoms with Gasteiger partial charge < -0.3 is 14.8 Å². The van der Waals surface area contributed by atoms with E-state index in [0.717, 1.165) is 32.0 Å². The largest absolute Gasteiger partial charge is 0.488 e. The number of benzene rings is 1. The first kappa shape index (κ1) is 16.2. The lowest BCUT2D eigenvalue weighted by Crippen LogP contribution is -2.30. The summed E-state index contributed by atoms with van der Waals surface area (Å²) >= 11 is 0. The van der Waals surface area contributed by atoms with E-state index in [1.807, 2.05) is 0 Å². The van der Waals surface area contributed by atoms with Crippen molar-refractivity contribution in [3.8, 4) is 5.75 Å². The molecule has 1 fully saturated rings. The monoisotopic (exact) mass is 299 g/mol. The average Bonchev–Trinajstić information content (AvgIpc) is 2.88. The molecule has 0 bridgehead atoms. The molecule has 1 saturated heterocycles. The summed E-state index contributed by atoms with van der Waals surface area (Å²) in [5.74, 6) is -1.28. The SMILES string of the molecule is CC(C)CNCC1CCC(COc2cccc(F)c2F)O1. The van der Waals surface area contributed by atoms with Gasteiger partial charge in [-0.3, -0.25) is 0 Å². The maximum absolute atomic E-state index is 13.4. The second-order valence-corrected chi connectivity index (χ2v) is 5.87. The van der Waals surface area contributed by atoms with Crippen LogP contribution < -0.4 is 10.1 Å². The normalized spacial score (nSPS) is 22.0. The van der Waals surface area contributed by atoms with Crippen LogP contribution >= 0.6 is 0 Å². The molecule has 0 aromatic heterocycles. The molecule has 0 amide bonds. The Bertz CT molecular complexity index is 454. The van der Waals surface area contributed by atoms with Crippen LogP contribution in [0.2, 0.25) is 0 Å². The van der Waals surface area contributed by atoms with Crippen molar-refractivity contribution in [3.05, 3.63) is 29.8 Å². The number of nitrogens with one attached hydrogen (secondary N) is 1. The molecule has 2 unspecified atom stereocenters. The summed E-state index contributed by atoms with van der Waals surface area (Å²) < 4.78 is 37.7. The number of rotatable bonds is 7. The molecule has 2 rings (SSSR count). The molecule has 0 saturated carbocycles. The highest BCUT2D eigenvalue weighted by atomic mass is 19.2. The molecule has 0 spiro atoms. The van der Waals surface area contributed by atoms with Gasteiger partial charge >= 0.3 is 0 Å². The second-order valence-electron chi connectivity index (χ2n) is 5.87. The van der Waals surface area contributed by atoms with Crippen LogP contribution in [-0.4, -0.2) is 31.9 Å². The van der Waals surface area contributed by atoms with E-state index in [-0.39, 0.29) is 24.6 Å². The maximum atomic E-state index is 13.4. The van der Waals surface area contributed by atoms with E-state index < -0.39 is 11.6 Å². The smallest absolute Gasteiger partial charge is 0.200 e. The fourth-order valence-corrected chi connectivity index (χ4v) is 2.36. The molecule has 5 heteroatoms. The molecule has 1 aliphatic rings. The first-order valence-electron chi connectivity index (χ1n) is 7.49. The van der Waals surface area contributed by atoms with E-state index in [4.69, 9.17) is 9.47 Å². The van der Waals surface area contributed by atoms with Crippen molar-refractivity contribution in [2.45, 2.75) is 38.9 Å². The average molecular weight is 299 g/mol. The zero-order valence-electron chi connectivity index (χ0n) is 12.6. The molecule has 1 heterocycles. The highest BCUT2D eigenvalue weighted by Crippen LogP contribution is 2.23. The van der Waals surface area contributed by atoms with Crippen LogP contribution in [0.5, 0.6) is 5.75 Å². The minimum atomic E-state index is -0.939. The zero-order chi connectivity index (χ0) is 15.2. The lowest BCUT2D eigenvalue weighted by Gasteiger charge is -2.16. The lowest BCUT2D eigenvalue weighted by molar-refractivity contribution is 0.0175. The highest BCUT2D eigenvalue weighted by molar-refractivity contribution is 5.25. The van der Waals surface area contributed by atoms with Crippen molar-refractivity contribution in [2.24, 2.45) is 5.92 Å². The van der Waals surface area contributed by atoms with Gasteiger partial charge in [-0.15, -0.1) is 0 Å². The molecule has 118 valence electrons. The van der Waals surface area contributed by atoms with Gasteiger partial charge in [0.25, 0.3) is 0 Å². The molecule has 3 nitrogen and oxygen atoms in total. The third kappa shape index (κ3) is 4.93. The van der Waals surface area contributed by atoms with Gasteiger partial charge in [-0.25, -0.2) is 4.39 Å². The van der Waals surface area contributed by atoms with Gasteiger partial charge in [-0.05, 0) is 37.4 Å².